The van der Waals surface area contributed by atoms with Gasteiger partial charge in [0, 0.05) is 15.4 Å². The lowest BCUT2D eigenvalue weighted by molar-refractivity contribution is 0.103. The van der Waals surface area contributed by atoms with Gasteiger partial charge in [0.1, 0.15) is 5.69 Å². The van der Waals surface area contributed by atoms with Crippen LogP contribution in [-0.2, 0) is 6.42 Å². The molecule has 5 nitrogen and oxygen atoms in total. The summed E-state index contributed by atoms with van der Waals surface area (Å²) in [4.78, 5) is 24.8. The lowest BCUT2D eigenvalue weighted by Crippen LogP contribution is -2.17. The van der Waals surface area contributed by atoms with E-state index in [0.29, 0.717) is 32.4 Å². The summed E-state index contributed by atoms with van der Waals surface area (Å²) in [5.74, 6) is -0.480. The van der Waals surface area contributed by atoms with Crippen LogP contribution in [-0.4, -0.2) is 21.6 Å². The number of nitrogens with zero attached hydrogens (tertiary/aromatic N) is 1. The first-order valence-corrected chi connectivity index (χ1v) is 8.68. The molecule has 128 valence electrons. The Hall–Kier alpha value is -2.31. The van der Waals surface area contributed by atoms with Crippen molar-refractivity contribution >= 4 is 56.0 Å². The number of aryl methyl sites for hydroxylation is 1. The minimum absolute atomic E-state index is 0.0648. The van der Waals surface area contributed by atoms with Gasteiger partial charge >= 0.3 is 6.09 Å². The molecule has 7 heteroatoms. The van der Waals surface area contributed by atoms with Crippen LogP contribution in [0.4, 0.5) is 10.5 Å². The van der Waals surface area contributed by atoms with Crippen molar-refractivity contribution < 1.29 is 14.7 Å². The molecule has 3 N–H and O–H groups in total. The number of hydrogen-bond acceptors (Lipinski definition) is 3. The molecule has 0 aliphatic carbocycles. The number of nitrogens with two attached hydrogens (primary N) is 1. The van der Waals surface area contributed by atoms with Crippen LogP contribution in [0.2, 0.25) is 5.02 Å². The van der Waals surface area contributed by atoms with Gasteiger partial charge in [-0.15, -0.1) is 0 Å². The smallest absolute Gasteiger partial charge is 0.416 e. The summed E-state index contributed by atoms with van der Waals surface area (Å²) < 4.78 is 1.63. The van der Waals surface area contributed by atoms with Crippen LogP contribution in [0.25, 0.3) is 10.9 Å². The highest BCUT2D eigenvalue weighted by Crippen LogP contribution is 2.36. The van der Waals surface area contributed by atoms with Crippen molar-refractivity contribution in [3.05, 3.63) is 62.7 Å². The summed E-state index contributed by atoms with van der Waals surface area (Å²) in [7, 11) is 0. The van der Waals surface area contributed by atoms with Gasteiger partial charge in [-0.1, -0.05) is 46.6 Å². The standard InChI is InChI=1S/C18H14BrClN2O3/c1-2-9-6-12(20)14-13(7-9)22(18(24)25)16(15(14)21)17(23)10-4-3-5-11(19)8-10/h3-8H,2,21H2,1H3,(H,24,25). The quantitative estimate of drug-likeness (QED) is 0.585. The van der Waals surface area contributed by atoms with Gasteiger partial charge in [-0.2, -0.15) is 0 Å². The van der Waals surface area contributed by atoms with E-state index in [1.54, 1.807) is 36.4 Å². The highest BCUT2D eigenvalue weighted by molar-refractivity contribution is 9.10. The third-order valence-electron chi connectivity index (χ3n) is 4.02. The predicted molar refractivity (Wildman–Crippen MR) is 102 cm³/mol. The minimum atomic E-state index is -1.29. The summed E-state index contributed by atoms with van der Waals surface area (Å²) >= 11 is 9.61. The molecule has 0 saturated carbocycles. The Kier molecular flexibility index (Phi) is 4.58. The average molecular weight is 422 g/mol. The number of aromatic nitrogens is 1. The normalized spacial score (nSPS) is 11.0. The van der Waals surface area contributed by atoms with Crippen LogP contribution < -0.4 is 5.73 Å². The van der Waals surface area contributed by atoms with Crippen molar-refractivity contribution in [2.75, 3.05) is 5.73 Å². The maximum Gasteiger partial charge on any atom is 0.416 e. The first-order valence-electron chi connectivity index (χ1n) is 7.51. The van der Waals surface area contributed by atoms with E-state index in [2.05, 4.69) is 15.9 Å². The van der Waals surface area contributed by atoms with E-state index in [1.165, 1.54) is 0 Å². The van der Waals surface area contributed by atoms with E-state index < -0.39 is 11.9 Å². The molecule has 0 spiro atoms. The number of nitrogen functional groups attached to an aromatic ring is 1. The molecule has 0 amide bonds. The Bertz CT molecular complexity index is 1030. The molecule has 1 heterocycles. The van der Waals surface area contributed by atoms with Crippen LogP contribution in [0, 0.1) is 0 Å². The minimum Gasteiger partial charge on any atom is -0.464 e. The highest BCUT2D eigenvalue weighted by atomic mass is 79.9. The van der Waals surface area contributed by atoms with Crippen molar-refractivity contribution in [2.45, 2.75) is 13.3 Å². The molecule has 3 aromatic rings. The first-order chi connectivity index (χ1) is 11.8. The van der Waals surface area contributed by atoms with E-state index in [0.717, 1.165) is 10.1 Å². The molecule has 2 aromatic carbocycles. The second kappa shape index (κ2) is 6.54. The fourth-order valence-electron chi connectivity index (χ4n) is 2.84. The number of carbonyl (C=O) groups excluding carboxylic acids is 1. The Morgan fingerprint density at radius 2 is 2.00 bits per heavy atom. The van der Waals surface area contributed by atoms with E-state index in [1.807, 2.05) is 6.92 Å². The van der Waals surface area contributed by atoms with Gasteiger partial charge < -0.3 is 10.8 Å². The number of rotatable bonds is 3. The lowest BCUT2D eigenvalue weighted by atomic mass is 10.1. The molecule has 1 aromatic heterocycles. The number of benzene rings is 2. The Morgan fingerprint density at radius 3 is 2.60 bits per heavy atom. The van der Waals surface area contributed by atoms with Crippen molar-refractivity contribution in [2.24, 2.45) is 0 Å². The van der Waals surface area contributed by atoms with Gasteiger partial charge in [0.2, 0.25) is 5.78 Å². The van der Waals surface area contributed by atoms with Crippen LogP contribution in [0.15, 0.2) is 40.9 Å². The molecule has 0 unspecified atom stereocenters. The number of fused-ring (bicyclic) bond motifs is 1. The van der Waals surface area contributed by atoms with Gasteiger partial charge in [0.25, 0.3) is 0 Å². The molecule has 0 radical (unpaired) electrons. The largest absolute Gasteiger partial charge is 0.464 e. The summed E-state index contributed by atoms with van der Waals surface area (Å²) in [6, 6.07) is 10.1. The zero-order valence-electron chi connectivity index (χ0n) is 13.2. The fourth-order valence-corrected chi connectivity index (χ4v) is 3.58. The van der Waals surface area contributed by atoms with Crippen LogP contribution in [0.1, 0.15) is 28.5 Å². The molecular weight excluding hydrogens is 408 g/mol. The van der Waals surface area contributed by atoms with Crippen molar-refractivity contribution in [1.82, 2.24) is 4.57 Å². The van der Waals surface area contributed by atoms with Crippen LogP contribution in [0.3, 0.4) is 0 Å². The zero-order chi connectivity index (χ0) is 18.3. The van der Waals surface area contributed by atoms with Gasteiger partial charge in [-0.25, -0.2) is 9.36 Å². The molecule has 0 saturated heterocycles. The predicted octanol–water partition coefficient (Wildman–Crippen LogP) is 4.96. The monoisotopic (exact) mass is 420 g/mol. The van der Waals surface area contributed by atoms with Crippen LogP contribution in [0.5, 0.6) is 0 Å². The van der Waals surface area contributed by atoms with Gasteiger partial charge in [-0.3, -0.25) is 4.79 Å². The lowest BCUT2D eigenvalue weighted by Gasteiger charge is -2.06. The summed E-state index contributed by atoms with van der Waals surface area (Å²) in [6.07, 6.45) is -0.612. The Labute approximate surface area is 157 Å². The number of ketones is 1. The van der Waals surface area contributed by atoms with Crippen molar-refractivity contribution in [1.29, 1.82) is 0 Å². The second-order valence-corrected chi connectivity index (χ2v) is 6.87. The van der Waals surface area contributed by atoms with Gasteiger partial charge in [0.15, 0.2) is 0 Å². The van der Waals surface area contributed by atoms with E-state index in [-0.39, 0.29) is 11.4 Å². The maximum absolute atomic E-state index is 13.0. The van der Waals surface area contributed by atoms with Crippen molar-refractivity contribution in [3.8, 4) is 0 Å². The number of hydrogen-bond donors (Lipinski definition) is 2. The van der Waals surface area contributed by atoms with E-state index in [4.69, 9.17) is 17.3 Å². The number of carbonyl (C=O) groups is 2. The van der Waals surface area contributed by atoms with Crippen LogP contribution >= 0.6 is 27.5 Å². The molecule has 0 atom stereocenters. The molecule has 0 fully saturated rings. The third-order valence-corrected chi connectivity index (χ3v) is 4.81. The van der Waals surface area contributed by atoms with E-state index in [9.17, 15) is 14.7 Å². The number of carboxylic acid groups (broad SMARTS) is 1. The fraction of sp³-hybridized carbons (Fsp3) is 0.111. The molecular formula is C18H14BrClN2O3. The van der Waals surface area contributed by atoms with Gasteiger partial charge in [-0.05, 0) is 36.2 Å². The number of halogens is 2. The molecule has 0 aliphatic heterocycles. The van der Waals surface area contributed by atoms with Crippen molar-refractivity contribution in [3.63, 3.8) is 0 Å². The number of anilines is 1. The summed E-state index contributed by atoms with van der Waals surface area (Å²) in [6.45, 7) is 1.93. The third kappa shape index (κ3) is 2.92. The SMILES string of the molecule is CCc1cc(Cl)c2c(N)c(C(=O)c3cccc(Br)c3)n(C(=O)O)c2c1. The summed E-state index contributed by atoms with van der Waals surface area (Å²) in [5, 5.41) is 10.4. The van der Waals surface area contributed by atoms with E-state index >= 15 is 0 Å². The Morgan fingerprint density at radius 1 is 1.28 bits per heavy atom. The zero-order valence-corrected chi connectivity index (χ0v) is 15.6. The average Bonchev–Trinajstić information content (AvgIpc) is 2.87. The molecule has 0 aliphatic rings. The highest BCUT2D eigenvalue weighted by Gasteiger charge is 2.27. The molecule has 0 bridgehead atoms. The topological polar surface area (TPSA) is 85.3 Å². The first kappa shape index (κ1) is 17.5. The second-order valence-electron chi connectivity index (χ2n) is 5.55. The maximum atomic E-state index is 13.0. The molecule has 3 rings (SSSR count). The summed E-state index contributed by atoms with van der Waals surface area (Å²) in [5.41, 5.74) is 7.61. The molecule has 25 heavy (non-hydrogen) atoms. The van der Waals surface area contributed by atoms with Gasteiger partial charge in [0.05, 0.1) is 16.2 Å². The Balaban J connectivity index is 2.36.